The molecule has 3 aromatic carbocycles. The van der Waals surface area contributed by atoms with Crippen molar-refractivity contribution in [1.29, 1.82) is 0 Å². The van der Waals surface area contributed by atoms with Gasteiger partial charge in [0.2, 0.25) is 5.91 Å². The molecule has 2 N–H and O–H groups in total. The third-order valence-corrected chi connectivity index (χ3v) is 8.97. The molecule has 38 heavy (non-hydrogen) atoms. The Balaban J connectivity index is 1.73. The van der Waals surface area contributed by atoms with Crippen molar-refractivity contribution < 1.29 is 14.4 Å². The van der Waals surface area contributed by atoms with Crippen molar-refractivity contribution in [2.45, 2.75) is 62.6 Å². The summed E-state index contributed by atoms with van der Waals surface area (Å²) < 4.78 is 0. The third kappa shape index (κ3) is 2.83. The molecule has 6 rings (SSSR count). The molecule has 5 heteroatoms. The standard InChI is InChI=1S/C33H34N2O3/c1-20(2)19-26-31(22-13-7-5-8-14-22)27(30(38)34-21(3)4)32(31,23-15-9-6-10-16-23)33(35-26)28(36)24-17-11-12-18-25(24)29(33)37/h5-18,20-21,26-27,35H,19H2,1-4H3,(H,34,38)/t26-,27-,31-,32+/m1/s1. The van der Waals surface area contributed by atoms with E-state index < -0.39 is 22.3 Å². The molecule has 2 aliphatic carbocycles. The highest BCUT2D eigenvalue weighted by molar-refractivity contribution is 6.35. The van der Waals surface area contributed by atoms with Gasteiger partial charge >= 0.3 is 0 Å². The van der Waals surface area contributed by atoms with E-state index in [1.165, 1.54) is 0 Å². The fourth-order valence-electron chi connectivity index (χ4n) is 7.98. The van der Waals surface area contributed by atoms with Crippen LogP contribution in [0.2, 0.25) is 0 Å². The van der Waals surface area contributed by atoms with Gasteiger partial charge in [0, 0.05) is 28.6 Å². The highest BCUT2D eigenvalue weighted by atomic mass is 16.2. The molecule has 2 fully saturated rings. The van der Waals surface area contributed by atoms with Gasteiger partial charge < -0.3 is 5.32 Å². The molecule has 1 heterocycles. The van der Waals surface area contributed by atoms with Crippen LogP contribution in [0, 0.1) is 11.8 Å². The second-order valence-electron chi connectivity index (χ2n) is 11.8. The summed E-state index contributed by atoms with van der Waals surface area (Å²) in [5.41, 5.74) is -0.752. The van der Waals surface area contributed by atoms with Crippen LogP contribution in [0.1, 0.15) is 66.0 Å². The highest BCUT2D eigenvalue weighted by Crippen LogP contribution is 2.81. The van der Waals surface area contributed by atoms with Crippen molar-refractivity contribution >= 4 is 17.5 Å². The van der Waals surface area contributed by atoms with Crippen LogP contribution in [0.25, 0.3) is 0 Å². The predicted molar refractivity (Wildman–Crippen MR) is 147 cm³/mol. The van der Waals surface area contributed by atoms with Gasteiger partial charge in [-0.15, -0.1) is 0 Å². The van der Waals surface area contributed by atoms with Crippen molar-refractivity contribution in [3.05, 3.63) is 107 Å². The van der Waals surface area contributed by atoms with E-state index in [-0.39, 0.29) is 35.5 Å². The number of hydrogen-bond acceptors (Lipinski definition) is 4. The van der Waals surface area contributed by atoms with E-state index in [9.17, 15) is 14.4 Å². The van der Waals surface area contributed by atoms with Gasteiger partial charge in [-0.25, -0.2) is 0 Å². The number of ketones is 2. The van der Waals surface area contributed by atoms with Crippen LogP contribution in [-0.2, 0) is 15.6 Å². The van der Waals surface area contributed by atoms with Gasteiger partial charge in [0.05, 0.1) is 11.3 Å². The maximum absolute atomic E-state index is 14.6. The lowest BCUT2D eigenvalue weighted by molar-refractivity contribution is -0.124. The molecule has 3 aromatic rings. The SMILES string of the molecule is CC(C)C[C@H]1NC2(C(=O)c3ccccc3C2=O)[C@@]2(c3ccccc3)[C@H](C(=O)NC(C)C)[C@@]12c1ccccc1. The fraction of sp³-hybridized carbons (Fsp3) is 0.364. The molecule has 1 saturated heterocycles. The number of nitrogens with one attached hydrogen (secondary N) is 2. The predicted octanol–water partition coefficient (Wildman–Crippen LogP) is 4.85. The first-order chi connectivity index (χ1) is 18.2. The molecular weight excluding hydrogens is 472 g/mol. The van der Waals surface area contributed by atoms with E-state index >= 15 is 0 Å². The number of carbonyl (C=O) groups is 3. The normalized spacial score (nSPS) is 28.6. The summed E-state index contributed by atoms with van der Waals surface area (Å²) in [6.07, 6.45) is 0.716. The first-order valence-electron chi connectivity index (χ1n) is 13.6. The van der Waals surface area contributed by atoms with Crippen molar-refractivity contribution in [2.24, 2.45) is 11.8 Å². The van der Waals surface area contributed by atoms with Gasteiger partial charge in [0.25, 0.3) is 0 Å². The number of benzene rings is 3. The maximum atomic E-state index is 14.6. The van der Waals surface area contributed by atoms with Gasteiger partial charge in [0.1, 0.15) is 0 Å². The molecule has 0 bridgehead atoms. The average molecular weight is 507 g/mol. The smallest absolute Gasteiger partial charge is 0.225 e. The van der Waals surface area contributed by atoms with Gasteiger partial charge in [-0.2, -0.15) is 0 Å². The lowest BCUT2D eigenvalue weighted by atomic mass is 9.68. The Morgan fingerprint density at radius 2 is 1.29 bits per heavy atom. The molecular formula is C33H34N2O3. The quantitative estimate of drug-likeness (QED) is 0.469. The molecule has 1 saturated carbocycles. The number of amides is 1. The van der Waals surface area contributed by atoms with E-state index in [4.69, 9.17) is 0 Å². The molecule has 1 aliphatic heterocycles. The summed E-state index contributed by atoms with van der Waals surface area (Å²) in [7, 11) is 0. The van der Waals surface area contributed by atoms with Crippen LogP contribution >= 0.6 is 0 Å². The first-order valence-corrected chi connectivity index (χ1v) is 13.6. The van der Waals surface area contributed by atoms with Crippen LogP contribution in [0.4, 0.5) is 0 Å². The minimum atomic E-state index is -1.58. The largest absolute Gasteiger partial charge is 0.354 e. The Morgan fingerprint density at radius 1 is 0.789 bits per heavy atom. The molecule has 0 aromatic heterocycles. The molecule has 5 nitrogen and oxygen atoms in total. The van der Waals surface area contributed by atoms with Gasteiger partial charge in [-0.3, -0.25) is 19.7 Å². The Morgan fingerprint density at radius 3 is 1.79 bits per heavy atom. The molecule has 194 valence electrons. The molecule has 0 unspecified atom stereocenters. The molecule has 1 amide bonds. The van der Waals surface area contributed by atoms with Crippen LogP contribution in [0.5, 0.6) is 0 Å². The van der Waals surface area contributed by atoms with Gasteiger partial charge in [-0.05, 0) is 37.3 Å². The van der Waals surface area contributed by atoms with Crippen LogP contribution < -0.4 is 10.6 Å². The summed E-state index contributed by atoms with van der Waals surface area (Å²) in [4.78, 5) is 43.5. The van der Waals surface area contributed by atoms with E-state index in [2.05, 4.69) is 36.6 Å². The molecule has 1 spiro atoms. The molecule has 4 atom stereocenters. The van der Waals surface area contributed by atoms with Crippen LogP contribution in [0.15, 0.2) is 84.9 Å². The van der Waals surface area contributed by atoms with Crippen molar-refractivity contribution in [1.82, 2.24) is 10.6 Å². The van der Waals surface area contributed by atoms with E-state index in [0.29, 0.717) is 17.5 Å². The Kier molecular flexibility index (Phi) is 5.52. The minimum absolute atomic E-state index is 0.0795. The van der Waals surface area contributed by atoms with E-state index in [0.717, 1.165) is 11.1 Å². The number of fused-ring (bicyclic) bond motifs is 3. The van der Waals surface area contributed by atoms with Crippen LogP contribution in [-0.4, -0.2) is 35.1 Å². The van der Waals surface area contributed by atoms with Crippen molar-refractivity contribution in [3.63, 3.8) is 0 Å². The number of hydrogen-bond donors (Lipinski definition) is 2. The van der Waals surface area contributed by atoms with Crippen LogP contribution in [0.3, 0.4) is 0 Å². The third-order valence-electron chi connectivity index (χ3n) is 8.97. The summed E-state index contributed by atoms with van der Waals surface area (Å²) in [6, 6.07) is 26.6. The fourth-order valence-corrected chi connectivity index (χ4v) is 7.98. The van der Waals surface area contributed by atoms with Crippen molar-refractivity contribution in [3.8, 4) is 0 Å². The number of rotatable bonds is 6. The number of carbonyl (C=O) groups excluding carboxylic acids is 3. The second kappa shape index (κ2) is 8.47. The summed E-state index contributed by atoms with van der Waals surface area (Å²) in [5.74, 6) is -0.893. The zero-order chi connectivity index (χ0) is 26.9. The highest BCUT2D eigenvalue weighted by Gasteiger charge is 2.96. The average Bonchev–Trinajstić information content (AvgIpc) is 3.42. The topological polar surface area (TPSA) is 75.3 Å². The summed E-state index contributed by atoms with van der Waals surface area (Å²) >= 11 is 0. The zero-order valence-electron chi connectivity index (χ0n) is 22.3. The lowest BCUT2D eigenvalue weighted by Crippen LogP contribution is -2.63. The number of piperidine rings is 1. The zero-order valence-corrected chi connectivity index (χ0v) is 22.3. The second-order valence-corrected chi connectivity index (χ2v) is 11.8. The lowest BCUT2D eigenvalue weighted by Gasteiger charge is -2.35. The van der Waals surface area contributed by atoms with Crippen molar-refractivity contribution in [2.75, 3.05) is 0 Å². The van der Waals surface area contributed by atoms with E-state index in [1.807, 2.05) is 62.4 Å². The summed E-state index contributed by atoms with van der Waals surface area (Å²) in [6.45, 7) is 8.19. The van der Waals surface area contributed by atoms with E-state index in [1.54, 1.807) is 24.3 Å². The minimum Gasteiger partial charge on any atom is -0.354 e. The van der Waals surface area contributed by atoms with Gasteiger partial charge in [-0.1, -0.05) is 98.8 Å². The maximum Gasteiger partial charge on any atom is 0.225 e. The van der Waals surface area contributed by atoms with Gasteiger partial charge in [0.15, 0.2) is 17.1 Å². The molecule has 3 aliphatic rings. The molecule has 0 radical (unpaired) electrons. The Labute approximate surface area is 224 Å². The Bertz CT molecular complexity index is 1400. The first kappa shape index (κ1) is 24.7. The number of Topliss-reactive ketones (excluding diaryl/α,β-unsaturated/α-hetero) is 2. The summed E-state index contributed by atoms with van der Waals surface area (Å²) in [5, 5.41) is 6.85. The Hall–Kier alpha value is -3.57. The monoisotopic (exact) mass is 506 g/mol.